The lowest BCUT2D eigenvalue weighted by Crippen LogP contribution is -2.33. The summed E-state index contributed by atoms with van der Waals surface area (Å²) in [5.74, 6) is -0.0641. The molecule has 0 bridgehead atoms. The number of rotatable bonds is 5. The van der Waals surface area contributed by atoms with E-state index in [0.717, 1.165) is 0 Å². The molecular weight excluding hydrogens is 247 g/mol. The number of Topliss-reactive ketones (excluding diaryl/α,β-unsaturated/α-hetero) is 1. The van der Waals surface area contributed by atoms with Gasteiger partial charge in [0.2, 0.25) is 11.8 Å². The molecule has 1 aliphatic rings. The molecule has 1 fully saturated rings. The molecule has 0 aliphatic carbocycles. The number of ketones is 1. The summed E-state index contributed by atoms with van der Waals surface area (Å²) in [7, 11) is 2.35. The lowest BCUT2D eigenvalue weighted by atomic mass is 10.3. The van der Waals surface area contributed by atoms with Crippen LogP contribution >= 0.6 is 21.0 Å². The average molecular weight is 262 g/mol. The molecule has 0 saturated carbocycles. The van der Waals surface area contributed by atoms with E-state index in [1.165, 1.54) is 23.6 Å². The molecule has 90 valence electrons. The molecule has 7 heteroatoms. The van der Waals surface area contributed by atoms with Crippen molar-refractivity contribution in [2.75, 3.05) is 12.0 Å². The Labute approximate surface area is 101 Å². The van der Waals surface area contributed by atoms with Gasteiger partial charge < -0.3 is 5.73 Å². The molecule has 1 rings (SSSR count). The molecule has 0 aromatic rings. The fourth-order valence-electron chi connectivity index (χ4n) is 1.31. The first-order valence-electron chi connectivity index (χ1n) is 4.89. The van der Waals surface area contributed by atoms with E-state index in [0.29, 0.717) is 12.0 Å². The summed E-state index contributed by atoms with van der Waals surface area (Å²) in [5, 5.41) is -0.376. The molecule has 5 nitrogen and oxygen atoms in total. The van der Waals surface area contributed by atoms with Crippen LogP contribution in [0.15, 0.2) is 0 Å². The van der Waals surface area contributed by atoms with E-state index in [1.54, 1.807) is 0 Å². The van der Waals surface area contributed by atoms with Crippen LogP contribution in [0.25, 0.3) is 0 Å². The van der Waals surface area contributed by atoms with Crippen LogP contribution in [0.1, 0.15) is 13.3 Å². The van der Waals surface area contributed by atoms with E-state index in [2.05, 4.69) is 9.24 Å². The molecule has 0 aromatic heterocycles. The van der Waals surface area contributed by atoms with Gasteiger partial charge >= 0.3 is 0 Å². The number of thioether (sulfide) groups is 1. The number of nitrogens with zero attached hydrogens (tertiary/aromatic N) is 1. The van der Waals surface area contributed by atoms with Crippen LogP contribution in [-0.2, 0) is 14.4 Å². The normalized spacial score (nSPS) is 22.7. The highest BCUT2D eigenvalue weighted by molar-refractivity contribution is 8.00. The van der Waals surface area contributed by atoms with Gasteiger partial charge in [-0.3, -0.25) is 19.3 Å². The number of carbonyl (C=O) groups excluding carboxylic acids is 3. The summed E-state index contributed by atoms with van der Waals surface area (Å²) < 4.78 is 0. The number of nitrogens with two attached hydrogens (primary N) is 1. The third-order valence-electron chi connectivity index (χ3n) is 2.38. The van der Waals surface area contributed by atoms with Crippen molar-refractivity contribution >= 4 is 38.6 Å². The van der Waals surface area contributed by atoms with Crippen LogP contribution in [0.5, 0.6) is 0 Å². The van der Waals surface area contributed by atoms with Crippen LogP contribution in [0.3, 0.4) is 0 Å². The van der Waals surface area contributed by atoms with Crippen LogP contribution in [-0.4, -0.2) is 45.8 Å². The molecule has 1 heterocycles. The molecule has 3 atom stereocenters. The molecule has 1 saturated heterocycles. The number of hydrogen-bond acceptors (Lipinski definition) is 5. The number of amides is 2. The Kier molecular flexibility index (Phi) is 4.89. The molecule has 2 N–H and O–H groups in total. The summed E-state index contributed by atoms with van der Waals surface area (Å²) >= 11 is 1.28. The zero-order valence-corrected chi connectivity index (χ0v) is 11.0. The van der Waals surface area contributed by atoms with Gasteiger partial charge in [0, 0.05) is 18.5 Å². The van der Waals surface area contributed by atoms with Gasteiger partial charge in [-0.2, -0.15) is 0 Å². The first-order chi connectivity index (χ1) is 7.47. The largest absolute Gasteiger partial charge is 0.321 e. The van der Waals surface area contributed by atoms with Crippen molar-refractivity contribution in [1.29, 1.82) is 0 Å². The maximum Gasteiger partial charge on any atom is 0.243 e. The highest BCUT2D eigenvalue weighted by Gasteiger charge is 2.38. The molecule has 1 aliphatic heterocycles. The van der Waals surface area contributed by atoms with Gasteiger partial charge in [0.25, 0.3) is 0 Å². The molecule has 0 aromatic carbocycles. The minimum atomic E-state index is -0.557. The van der Waals surface area contributed by atoms with Gasteiger partial charge in [0.1, 0.15) is 5.78 Å². The summed E-state index contributed by atoms with van der Waals surface area (Å²) in [6, 6.07) is -0.557. The number of hydrogen-bond donors (Lipinski definition) is 1. The smallest absolute Gasteiger partial charge is 0.243 e. The number of likely N-dealkylation sites (tertiary alicyclic amines) is 1. The Morgan fingerprint density at radius 1 is 1.69 bits per heavy atom. The van der Waals surface area contributed by atoms with Crippen molar-refractivity contribution in [1.82, 2.24) is 4.90 Å². The SMILES string of the molecule is CC(=O)C(N)CSC1CC(=O)N(CP)C1=O. The maximum atomic E-state index is 11.7. The van der Waals surface area contributed by atoms with E-state index in [4.69, 9.17) is 5.73 Å². The quantitative estimate of drug-likeness (QED) is 0.538. The Bertz CT molecular complexity index is 324. The van der Waals surface area contributed by atoms with Gasteiger partial charge in [0.15, 0.2) is 0 Å². The van der Waals surface area contributed by atoms with Crippen molar-refractivity contribution in [3.8, 4) is 0 Å². The van der Waals surface area contributed by atoms with E-state index in [1.807, 2.05) is 0 Å². The Balaban J connectivity index is 2.48. The highest BCUT2D eigenvalue weighted by Crippen LogP contribution is 2.25. The number of carbonyl (C=O) groups is 3. The van der Waals surface area contributed by atoms with Crippen molar-refractivity contribution < 1.29 is 14.4 Å². The van der Waals surface area contributed by atoms with Gasteiger partial charge in [-0.1, -0.05) is 0 Å². The fraction of sp³-hybridized carbons (Fsp3) is 0.667. The molecular formula is C9H15N2O3PS. The summed E-state index contributed by atoms with van der Waals surface area (Å²) in [6.07, 6.45) is 0.538. The van der Waals surface area contributed by atoms with Gasteiger partial charge in [-0.25, -0.2) is 0 Å². The van der Waals surface area contributed by atoms with Crippen LogP contribution in [0.4, 0.5) is 0 Å². The highest BCUT2D eigenvalue weighted by atomic mass is 32.2. The lowest BCUT2D eigenvalue weighted by Gasteiger charge is -2.12. The van der Waals surface area contributed by atoms with E-state index in [9.17, 15) is 14.4 Å². The topological polar surface area (TPSA) is 80.5 Å². The van der Waals surface area contributed by atoms with Crippen molar-refractivity contribution in [2.24, 2.45) is 5.73 Å². The molecule has 0 radical (unpaired) electrons. The van der Waals surface area contributed by atoms with Crippen LogP contribution < -0.4 is 5.73 Å². The van der Waals surface area contributed by atoms with Gasteiger partial charge in [0.05, 0.1) is 11.3 Å². The van der Waals surface area contributed by atoms with Gasteiger partial charge in [-0.15, -0.1) is 21.0 Å². The Morgan fingerprint density at radius 2 is 2.31 bits per heavy atom. The monoisotopic (exact) mass is 262 g/mol. The Hall–Kier alpha value is -0.450. The van der Waals surface area contributed by atoms with E-state index in [-0.39, 0.29) is 29.3 Å². The van der Waals surface area contributed by atoms with Crippen LogP contribution in [0.2, 0.25) is 0 Å². The molecule has 3 unspecified atom stereocenters. The molecule has 16 heavy (non-hydrogen) atoms. The zero-order chi connectivity index (χ0) is 12.3. The minimum absolute atomic E-state index is 0.104. The summed E-state index contributed by atoms with van der Waals surface area (Å²) in [4.78, 5) is 35.2. The lowest BCUT2D eigenvalue weighted by molar-refractivity contribution is -0.137. The fourth-order valence-corrected chi connectivity index (χ4v) is 2.90. The zero-order valence-electron chi connectivity index (χ0n) is 9.01. The summed E-state index contributed by atoms with van der Waals surface area (Å²) in [6.45, 7) is 1.42. The summed E-state index contributed by atoms with van der Waals surface area (Å²) in [5.41, 5.74) is 5.56. The Morgan fingerprint density at radius 3 is 2.75 bits per heavy atom. The third-order valence-corrected chi connectivity index (χ3v) is 4.07. The van der Waals surface area contributed by atoms with Crippen molar-refractivity contribution in [3.05, 3.63) is 0 Å². The first kappa shape index (κ1) is 13.6. The molecule has 0 spiro atoms. The average Bonchev–Trinajstić information content (AvgIpc) is 2.50. The molecule has 2 amide bonds. The van der Waals surface area contributed by atoms with Crippen LogP contribution in [0, 0.1) is 0 Å². The van der Waals surface area contributed by atoms with Gasteiger partial charge in [-0.05, 0) is 6.92 Å². The standard InChI is InChI=1S/C9H15N2O3PS/c1-5(12)6(10)3-16-7-2-8(13)11(4-15)9(7)14/h6-7H,2-4,10,15H2,1H3. The second-order valence-electron chi connectivity index (χ2n) is 3.59. The second-order valence-corrected chi connectivity index (χ2v) is 5.19. The maximum absolute atomic E-state index is 11.7. The number of imide groups is 1. The van der Waals surface area contributed by atoms with E-state index >= 15 is 0 Å². The van der Waals surface area contributed by atoms with Crippen molar-refractivity contribution in [3.63, 3.8) is 0 Å². The minimum Gasteiger partial charge on any atom is -0.321 e. The predicted molar refractivity (Wildman–Crippen MR) is 65.9 cm³/mol. The first-order valence-corrected chi connectivity index (χ1v) is 6.75. The van der Waals surface area contributed by atoms with E-state index < -0.39 is 6.04 Å². The predicted octanol–water partition coefficient (Wildman–Crippen LogP) is -0.404. The second kappa shape index (κ2) is 5.75. The van der Waals surface area contributed by atoms with Crippen molar-refractivity contribution in [2.45, 2.75) is 24.6 Å². The third kappa shape index (κ3) is 3.03.